The molecule has 24 heavy (non-hydrogen) atoms. The second-order valence-corrected chi connectivity index (χ2v) is 7.64. The SMILES string of the molecule is O=C(CCc1ccc(Cl)c(Cl)c1)NCCSCc1cccc(Cl)c1. The summed E-state index contributed by atoms with van der Waals surface area (Å²) in [4.78, 5) is 11.8. The van der Waals surface area contributed by atoms with E-state index in [1.807, 2.05) is 24.3 Å². The Morgan fingerprint density at radius 2 is 1.83 bits per heavy atom. The molecule has 1 amide bonds. The maximum atomic E-state index is 11.8. The Balaban J connectivity index is 1.60. The van der Waals surface area contributed by atoms with Crippen molar-refractivity contribution in [1.29, 1.82) is 0 Å². The molecule has 0 bridgehead atoms. The normalized spacial score (nSPS) is 10.6. The van der Waals surface area contributed by atoms with Gasteiger partial charge in [-0.05, 0) is 41.8 Å². The molecule has 0 spiro atoms. The molecule has 128 valence electrons. The Bertz CT molecular complexity index is 694. The van der Waals surface area contributed by atoms with Gasteiger partial charge in [0.2, 0.25) is 5.91 Å². The number of carbonyl (C=O) groups excluding carboxylic acids is 1. The second-order valence-electron chi connectivity index (χ2n) is 5.28. The number of rotatable bonds is 8. The van der Waals surface area contributed by atoms with Gasteiger partial charge in [-0.2, -0.15) is 11.8 Å². The van der Waals surface area contributed by atoms with Gasteiger partial charge in [-0.15, -0.1) is 0 Å². The average Bonchev–Trinajstić information content (AvgIpc) is 2.56. The predicted octanol–water partition coefficient (Wildman–Crippen LogP) is 5.63. The number of carbonyl (C=O) groups is 1. The van der Waals surface area contributed by atoms with E-state index in [0.717, 1.165) is 22.1 Å². The van der Waals surface area contributed by atoms with Gasteiger partial charge in [-0.1, -0.05) is 53.0 Å². The fraction of sp³-hybridized carbons (Fsp3) is 0.278. The van der Waals surface area contributed by atoms with Gasteiger partial charge >= 0.3 is 0 Å². The van der Waals surface area contributed by atoms with E-state index < -0.39 is 0 Å². The lowest BCUT2D eigenvalue weighted by Gasteiger charge is -2.06. The van der Waals surface area contributed by atoms with Crippen LogP contribution < -0.4 is 5.32 Å². The first-order valence-corrected chi connectivity index (χ1v) is 9.86. The number of hydrogen-bond donors (Lipinski definition) is 1. The molecule has 2 aromatic rings. The number of benzene rings is 2. The molecule has 2 aromatic carbocycles. The molecule has 1 N–H and O–H groups in total. The first-order chi connectivity index (χ1) is 11.5. The molecule has 0 aliphatic heterocycles. The molecule has 0 fully saturated rings. The molecule has 0 radical (unpaired) electrons. The standard InChI is InChI=1S/C18H18Cl3NOS/c19-15-3-1-2-14(10-15)12-24-9-8-22-18(23)7-5-13-4-6-16(20)17(21)11-13/h1-4,6,10-11H,5,7-9,12H2,(H,22,23). The molecule has 0 atom stereocenters. The van der Waals surface area contributed by atoms with Gasteiger partial charge in [0.25, 0.3) is 0 Å². The topological polar surface area (TPSA) is 29.1 Å². The smallest absolute Gasteiger partial charge is 0.220 e. The molecule has 0 saturated heterocycles. The number of thioether (sulfide) groups is 1. The van der Waals surface area contributed by atoms with Gasteiger partial charge in [0.05, 0.1) is 10.0 Å². The number of hydrogen-bond acceptors (Lipinski definition) is 2. The molecule has 2 rings (SSSR count). The van der Waals surface area contributed by atoms with E-state index in [0.29, 0.717) is 29.4 Å². The Morgan fingerprint density at radius 3 is 2.58 bits per heavy atom. The van der Waals surface area contributed by atoms with E-state index >= 15 is 0 Å². The lowest BCUT2D eigenvalue weighted by Crippen LogP contribution is -2.25. The molecule has 0 aliphatic rings. The summed E-state index contributed by atoms with van der Waals surface area (Å²) in [5.74, 6) is 1.80. The van der Waals surface area contributed by atoms with Crippen molar-refractivity contribution < 1.29 is 4.79 Å². The Kier molecular flexibility index (Phi) is 8.26. The van der Waals surface area contributed by atoms with E-state index in [9.17, 15) is 4.79 Å². The van der Waals surface area contributed by atoms with Crippen LogP contribution >= 0.6 is 46.6 Å². The van der Waals surface area contributed by atoms with E-state index in [1.54, 1.807) is 23.9 Å². The van der Waals surface area contributed by atoms with Crippen LogP contribution in [0, 0.1) is 0 Å². The van der Waals surface area contributed by atoms with Crippen LogP contribution in [-0.2, 0) is 17.0 Å². The van der Waals surface area contributed by atoms with Crippen molar-refractivity contribution >= 4 is 52.5 Å². The van der Waals surface area contributed by atoms with Crippen LogP contribution in [0.1, 0.15) is 17.5 Å². The number of aryl methyl sites for hydroxylation is 1. The third-order valence-electron chi connectivity index (χ3n) is 3.35. The summed E-state index contributed by atoms with van der Waals surface area (Å²) < 4.78 is 0. The van der Waals surface area contributed by atoms with Crippen molar-refractivity contribution in [2.45, 2.75) is 18.6 Å². The van der Waals surface area contributed by atoms with Gasteiger partial charge in [-0.25, -0.2) is 0 Å². The number of halogens is 3. The lowest BCUT2D eigenvalue weighted by molar-refractivity contribution is -0.120. The Hall–Kier alpha value is -0.870. The quantitative estimate of drug-likeness (QED) is 0.580. The molecule has 0 saturated carbocycles. The van der Waals surface area contributed by atoms with Gasteiger partial charge < -0.3 is 5.32 Å². The fourth-order valence-corrected chi connectivity index (χ4v) is 3.46. The summed E-state index contributed by atoms with van der Waals surface area (Å²) in [7, 11) is 0. The Labute approximate surface area is 161 Å². The van der Waals surface area contributed by atoms with Crippen LogP contribution in [0.15, 0.2) is 42.5 Å². The van der Waals surface area contributed by atoms with Crippen molar-refractivity contribution in [3.05, 3.63) is 68.7 Å². The second kappa shape index (κ2) is 10.2. The van der Waals surface area contributed by atoms with Crippen molar-refractivity contribution in [2.24, 2.45) is 0 Å². The van der Waals surface area contributed by atoms with E-state index in [2.05, 4.69) is 11.4 Å². The largest absolute Gasteiger partial charge is 0.355 e. The molecular weight excluding hydrogens is 385 g/mol. The Morgan fingerprint density at radius 1 is 1.00 bits per heavy atom. The molecular formula is C18H18Cl3NOS. The monoisotopic (exact) mass is 401 g/mol. The molecule has 0 aliphatic carbocycles. The summed E-state index contributed by atoms with van der Waals surface area (Å²) in [6, 6.07) is 13.3. The summed E-state index contributed by atoms with van der Waals surface area (Å²) in [6.07, 6.45) is 1.09. The minimum Gasteiger partial charge on any atom is -0.355 e. The zero-order valence-electron chi connectivity index (χ0n) is 13.0. The zero-order chi connectivity index (χ0) is 17.4. The maximum Gasteiger partial charge on any atom is 0.220 e. The highest BCUT2D eigenvalue weighted by atomic mass is 35.5. The fourth-order valence-electron chi connectivity index (χ4n) is 2.12. The van der Waals surface area contributed by atoms with Crippen molar-refractivity contribution in [3.63, 3.8) is 0 Å². The number of amides is 1. The van der Waals surface area contributed by atoms with E-state index in [-0.39, 0.29) is 5.91 Å². The zero-order valence-corrected chi connectivity index (χ0v) is 16.1. The van der Waals surface area contributed by atoms with Gasteiger partial charge in [0, 0.05) is 29.5 Å². The summed E-state index contributed by atoms with van der Waals surface area (Å²) in [5, 5.41) is 4.73. The highest BCUT2D eigenvalue weighted by Gasteiger charge is 2.04. The lowest BCUT2D eigenvalue weighted by atomic mass is 10.1. The highest BCUT2D eigenvalue weighted by molar-refractivity contribution is 7.98. The van der Waals surface area contributed by atoms with Crippen LogP contribution in [0.5, 0.6) is 0 Å². The summed E-state index contributed by atoms with van der Waals surface area (Å²) in [6.45, 7) is 0.658. The van der Waals surface area contributed by atoms with Crippen LogP contribution in [-0.4, -0.2) is 18.2 Å². The molecule has 0 heterocycles. The molecule has 0 aromatic heterocycles. The van der Waals surface area contributed by atoms with Crippen LogP contribution in [0.2, 0.25) is 15.1 Å². The molecule has 6 heteroatoms. The predicted molar refractivity (Wildman–Crippen MR) is 105 cm³/mol. The first-order valence-electron chi connectivity index (χ1n) is 7.57. The number of nitrogens with one attached hydrogen (secondary N) is 1. The maximum absolute atomic E-state index is 11.8. The van der Waals surface area contributed by atoms with Crippen LogP contribution in [0.3, 0.4) is 0 Å². The highest BCUT2D eigenvalue weighted by Crippen LogP contribution is 2.23. The van der Waals surface area contributed by atoms with E-state index in [4.69, 9.17) is 34.8 Å². The van der Waals surface area contributed by atoms with Gasteiger partial charge in [-0.3, -0.25) is 4.79 Å². The minimum absolute atomic E-state index is 0.0458. The minimum atomic E-state index is 0.0458. The van der Waals surface area contributed by atoms with Crippen LogP contribution in [0.4, 0.5) is 0 Å². The average molecular weight is 403 g/mol. The first kappa shape index (κ1) is 19.5. The van der Waals surface area contributed by atoms with Crippen LogP contribution in [0.25, 0.3) is 0 Å². The van der Waals surface area contributed by atoms with Crippen molar-refractivity contribution in [3.8, 4) is 0 Å². The van der Waals surface area contributed by atoms with Gasteiger partial charge in [0.1, 0.15) is 0 Å². The van der Waals surface area contributed by atoms with E-state index in [1.165, 1.54) is 5.56 Å². The summed E-state index contributed by atoms with van der Waals surface area (Å²) >= 11 is 19.6. The van der Waals surface area contributed by atoms with Crippen molar-refractivity contribution in [1.82, 2.24) is 5.32 Å². The molecule has 2 nitrogen and oxygen atoms in total. The third kappa shape index (κ3) is 6.94. The van der Waals surface area contributed by atoms with Crippen molar-refractivity contribution in [2.75, 3.05) is 12.3 Å². The molecule has 0 unspecified atom stereocenters. The third-order valence-corrected chi connectivity index (χ3v) is 5.36. The summed E-state index contributed by atoms with van der Waals surface area (Å²) in [5.41, 5.74) is 2.20. The van der Waals surface area contributed by atoms with Gasteiger partial charge in [0.15, 0.2) is 0 Å².